The van der Waals surface area contributed by atoms with Crippen LogP contribution in [-0.2, 0) is 11.3 Å². The first-order chi connectivity index (χ1) is 8.24. The van der Waals surface area contributed by atoms with Crippen LogP contribution in [0.25, 0.3) is 0 Å². The van der Waals surface area contributed by atoms with Gasteiger partial charge in [-0.2, -0.15) is 0 Å². The first-order valence-corrected chi connectivity index (χ1v) is 6.47. The third-order valence-electron chi connectivity index (χ3n) is 3.70. The van der Waals surface area contributed by atoms with Gasteiger partial charge in [0.1, 0.15) is 0 Å². The zero-order valence-electron chi connectivity index (χ0n) is 9.58. The van der Waals surface area contributed by atoms with Crippen LogP contribution in [0, 0.1) is 5.92 Å². The molecule has 1 aromatic carbocycles. The lowest BCUT2D eigenvalue weighted by molar-refractivity contribution is 0.275. The first kappa shape index (κ1) is 11.4. The molecule has 2 N–H and O–H groups in total. The van der Waals surface area contributed by atoms with Crippen LogP contribution in [0.15, 0.2) is 12.1 Å². The lowest BCUT2D eigenvalue weighted by Gasteiger charge is -2.26. The minimum Gasteiger partial charge on any atom is -0.423 e. The Morgan fingerprint density at radius 3 is 3.00 bits per heavy atom. The fourth-order valence-electron chi connectivity index (χ4n) is 2.33. The van der Waals surface area contributed by atoms with Gasteiger partial charge in [-0.25, -0.2) is 0 Å². The maximum Gasteiger partial charge on any atom is 0.491 e. The summed E-state index contributed by atoms with van der Waals surface area (Å²) in [6.07, 6.45) is 3.96. The molecule has 17 heavy (non-hydrogen) atoms. The van der Waals surface area contributed by atoms with E-state index in [0.717, 1.165) is 29.2 Å². The van der Waals surface area contributed by atoms with E-state index >= 15 is 0 Å². The van der Waals surface area contributed by atoms with E-state index in [2.05, 4.69) is 5.32 Å². The Bertz CT molecular complexity index is 437. The van der Waals surface area contributed by atoms with Gasteiger partial charge in [0.2, 0.25) is 0 Å². The molecule has 0 unspecified atom stereocenters. The van der Waals surface area contributed by atoms with Crippen molar-refractivity contribution >= 4 is 29.9 Å². The molecule has 1 heterocycles. The number of rotatable bonds is 3. The molecule has 1 saturated carbocycles. The lowest BCUT2D eigenvalue weighted by Crippen LogP contribution is -2.29. The molecule has 5 heteroatoms. The fourth-order valence-corrected chi connectivity index (χ4v) is 2.58. The summed E-state index contributed by atoms with van der Waals surface area (Å²) >= 11 is 6.20. The highest BCUT2D eigenvalue weighted by molar-refractivity contribution is 6.61. The maximum absolute atomic E-state index is 9.64. The van der Waals surface area contributed by atoms with Crippen molar-refractivity contribution in [2.45, 2.75) is 25.9 Å². The number of benzene rings is 1. The van der Waals surface area contributed by atoms with Crippen molar-refractivity contribution in [3.05, 3.63) is 22.7 Å². The Kier molecular flexibility index (Phi) is 3.03. The number of hydrogen-bond acceptors (Lipinski definition) is 3. The molecular formula is C12H15BClNO2. The Balaban J connectivity index is 1.76. The van der Waals surface area contributed by atoms with Gasteiger partial charge in [-0.3, -0.25) is 0 Å². The van der Waals surface area contributed by atoms with Crippen LogP contribution in [0.4, 0.5) is 5.69 Å². The van der Waals surface area contributed by atoms with Crippen LogP contribution >= 0.6 is 11.6 Å². The highest BCUT2D eigenvalue weighted by Gasteiger charge is 2.28. The molecule has 0 spiro atoms. The van der Waals surface area contributed by atoms with Crippen molar-refractivity contribution in [2.75, 3.05) is 11.9 Å². The Hall–Kier alpha value is -0.705. The molecule has 0 radical (unpaired) electrons. The van der Waals surface area contributed by atoms with Crippen molar-refractivity contribution in [3.63, 3.8) is 0 Å². The van der Waals surface area contributed by atoms with E-state index in [9.17, 15) is 5.02 Å². The topological polar surface area (TPSA) is 41.5 Å². The van der Waals surface area contributed by atoms with Crippen molar-refractivity contribution in [1.29, 1.82) is 0 Å². The zero-order valence-corrected chi connectivity index (χ0v) is 10.3. The van der Waals surface area contributed by atoms with Crippen LogP contribution in [0.3, 0.4) is 0 Å². The average molecular weight is 252 g/mol. The number of halogens is 1. The van der Waals surface area contributed by atoms with Crippen LogP contribution in [-0.4, -0.2) is 18.7 Å². The summed E-state index contributed by atoms with van der Waals surface area (Å²) in [5.74, 6) is 0.778. The third kappa shape index (κ3) is 2.17. The van der Waals surface area contributed by atoms with Gasteiger partial charge in [-0.1, -0.05) is 18.0 Å². The third-order valence-corrected chi connectivity index (χ3v) is 4.01. The minimum absolute atomic E-state index is 0.444. The van der Waals surface area contributed by atoms with Crippen molar-refractivity contribution < 1.29 is 9.68 Å². The van der Waals surface area contributed by atoms with Gasteiger partial charge in [0, 0.05) is 6.54 Å². The van der Waals surface area contributed by atoms with Gasteiger partial charge in [-0.15, -0.1) is 0 Å². The molecule has 1 fully saturated rings. The molecule has 0 saturated heterocycles. The van der Waals surface area contributed by atoms with Gasteiger partial charge in [0.05, 0.1) is 17.3 Å². The van der Waals surface area contributed by atoms with Gasteiger partial charge >= 0.3 is 7.12 Å². The minimum atomic E-state index is -0.800. The summed E-state index contributed by atoms with van der Waals surface area (Å²) in [5, 5.41) is 13.7. The Morgan fingerprint density at radius 2 is 2.29 bits per heavy atom. The summed E-state index contributed by atoms with van der Waals surface area (Å²) in [6, 6.07) is 3.80. The highest BCUT2D eigenvalue weighted by Crippen LogP contribution is 2.29. The zero-order chi connectivity index (χ0) is 11.8. The lowest BCUT2D eigenvalue weighted by atomic mass is 9.79. The van der Waals surface area contributed by atoms with E-state index in [1.807, 2.05) is 12.1 Å². The average Bonchev–Trinajstić information content (AvgIpc) is 2.58. The number of hydrogen-bond donors (Lipinski definition) is 2. The standard InChI is InChI=1S/C12H15BClNO2/c14-11-4-9-7-17-13(16)10(9)5-12(11)15-6-8-2-1-3-8/h4-5,8,15-16H,1-3,6-7H2. The molecule has 3 rings (SSSR count). The van der Waals surface area contributed by atoms with Gasteiger partial charge < -0.3 is 15.0 Å². The first-order valence-electron chi connectivity index (χ1n) is 6.10. The van der Waals surface area contributed by atoms with E-state index in [4.69, 9.17) is 16.3 Å². The summed E-state index contributed by atoms with van der Waals surface area (Å²) < 4.78 is 5.16. The molecule has 0 amide bonds. The quantitative estimate of drug-likeness (QED) is 0.805. The number of anilines is 1. The smallest absolute Gasteiger partial charge is 0.423 e. The van der Waals surface area contributed by atoms with Gasteiger partial charge in [0.25, 0.3) is 0 Å². The van der Waals surface area contributed by atoms with Crippen molar-refractivity contribution in [2.24, 2.45) is 5.92 Å². The van der Waals surface area contributed by atoms with E-state index in [0.29, 0.717) is 11.6 Å². The molecule has 1 aliphatic heterocycles. The van der Waals surface area contributed by atoms with Crippen LogP contribution in [0.5, 0.6) is 0 Å². The fraction of sp³-hybridized carbons (Fsp3) is 0.500. The summed E-state index contributed by atoms with van der Waals surface area (Å²) in [5.41, 5.74) is 2.73. The molecule has 1 aliphatic carbocycles. The second kappa shape index (κ2) is 4.52. The van der Waals surface area contributed by atoms with Gasteiger partial charge in [-0.05, 0) is 41.9 Å². The van der Waals surface area contributed by atoms with Crippen molar-refractivity contribution in [3.8, 4) is 0 Å². The summed E-state index contributed by atoms with van der Waals surface area (Å²) in [6.45, 7) is 1.41. The number of fused-ring (bicyclic) bond motifs is 1. The largest absolute Gasteiger partial charge is 0.491 e. The SMILES string of the molecule is OB1OCc2cc(Cl)c(NCC3CCC3)cc21. The normalized spacial score (nSPS) is 19.1. The second-order valence-corrected chi connectivity index (χ2v) is 5.28. The van der Waals surface area contributed by atoms with E-state index in [1.165, 1.54) is 19.3 Å². The summed E-state index contributed by atoms with van der Waals surface area (Å²) in [4.78, 5) is 0. The van der Waals surface area contributed by atoms with Crippen molar-refractivity contribution in [1.82, 2.24) is 0 Å². The molecule has 3 nitrogen and oxygen atoms in total. The predicted molar refractivity (Wildman–Crippen MR) is 69.7 cm³/mol. The van der Waals surface area contributed by atoms with Gasteiger partial charge in [0.15, 0.2) is 0 Å². The van der Waals surface area contributed by atoms with E-state index in [1.54, 1.807) is 0 Å². The summed E-state index contributed by atoms with van der Waals surface area (Å²) in [7, 11) is -0.800. The predicted octanol–water partition coefficient (Wildman–Crippen LogP) is 1.77. The van der Waals surface area contributed by atoms with Crippen LogP contribution < -0.4 is 10.8 Å². The molecule has 1 aromatic rings. The Labute approximate surface area is 106 Å². The monoisotopic (exact) mass is 251 g/mol. The van der Waals surface area contributed by atoms with E-state index < -0.39 is 7.12 Å². The Morgan fingerprint density at radius 1 is 1.47 bits per heavy atom. The highest BCUT2D eigenvalue weighted by atomic mass is 35.5. The molecule has 0 atom stereocenters. The van der Waals surface area contributed by atoms with Crippen LogP contribution in [0.1, 0.15) is 24.8 Å². The van der Waals surface area contributed by atoms with E-state index in [-0.39, 0.29) is 0 Å². The maximum atomic E-state index is 9.64. The molecule has 2 aliphatic rings. The molecular weight excluding hydrogens is 236 g/mol. The van der Waals surface area contributed by atoms with Crippen LogP contribution in [0.2, 0.25) is 5.02 Å². The molecule has 90 valence electrons. The molecule has 0 bridgehead atoms. The molecule has 0 aromatic heterocycles. The second-order valence-electron chi connectivity index (χ2n) is 4.87. The number of nitrogens with one attached hydrogen (secondary N) is 1.